The van der Waals surface area contributed by atoms with E-state index in [0.717, 1.165) is 56.0 Å². The van der Waals surface area contributed by atoms with E-state index in [9.17, 15) is 0 Å². The second-order valence-corrected chi connectivity index (χ2v) is 9.27. The van der Waals surface area contributed by atoms with Gasteiger partial charge in [-0.3, -0.25) is 4.99 Å². The van der Waals surface area contributed by atoms with Crippen molar-refractivity contribution in [1.29, 1.82) is 0 Å². The highest BCUT2D eigenvalue weighted by atomic mass is 16.5. The lowest BCUT2D eigenvalue weighted by molar-refractivity contribution is -0.0887. The molecule has 3 rings (SSSR count). The van der Waals surface area contributed by atoms with Gasteiger partial charge in [0, 0.05) is 42.8 Å². The van der Waals surface area contributed by atoms with Crippen LogP contribution in [0.1, 0.15) is 50.4 Å². The fraction of sp³-hybridized carbons (Fsp3) is 0.560. The Hall–Kier alpha value is -2.11. The lowest BCUT2D eigenvalue weighted by Gasteiger charge is -2.44. The molecule has 1 aromatic heterocycles. The molecule has 0 aliphatic carbocycles. The van der Waals surface area contributed by atoms with Gasteiger partial charge in [0.2, 0.25) is 0 Å². The minimum Gasteiger partial charge on any atom is -0.496 e. The smallest absolute Gasteiger partial charge is 0.122 e. The standard InChI is InChI=1S/C25H36N2O3/c1-24(2)17-25(13-16-30-24,19-27(3)4)18-26-14-12-21(23-11-8-15-29-23)20-9-6-7-10-22(20)28-5/h6-11,15,18,21H,12-14,16-17,19H2,1-5H3. The third kappa shape index (κ3) is 5.73. The minimum absolute atomic E-state index is 0.0515. The first-order chi connectivity index (χ1) is 14.3. The van der Waals surface area contributed by atoms with Gasteiger partial charge in [-0.15, -0.1) is 0 Å². The van der Waals surface area contributed by atoms with Crippen molar-refractivity contribution < 1.29 is 13.9 Å². The van der Waals surface area contributed by atoms with Crippen LogP contribution >= 0.6 is 0 Å². The number of nitrogens with zero attached hydrogens (tertiary/aromatic N) is 2. The molecular weight excluding hydrogens is 376 g/mol. The summed E-state index contributed by atoms with van der Waals surface area (Å²) in [4.78, 5) is 7.18. The van der Waals surface area contributed by atoms with Gasteiger partial charge in [-0.1, -0.05) is 18.2 Å². The predicted molar refractivity (Wildman–Crippen MR) is 122 cm³/mol. The third-order valence-corrected chi connectivity index (χ3v) is 5.81. The Morgan fingerprint density at radius 1 is 1.20 bits per heavy atom. The number of hydrogen-bond acceptors (Lipinski definition) is 5. The van der Waals surface area contributed by atoms with Crippen LogP contribution in [0, 0.1) is 5.41 Å². The van der Waals surface area contributed by atoms with Gasteiger partial charge in [0.1, 0.15) is 11.5 Å². The average Bonchev–Trinajstić information content (AvgIpc) is 3.21. The van der Waals surface area contributed by atoms with Crippen molar-refractivity contribution >= 4 is 6.21 Å². The van der Waals surface area contributed by atoms with Crippen LogP contribution < -0.4 is 4.74 Å². The van der Waals surface area contributed by atoms with Crippen LogP contribution in [0.2, 0.25) is 0 Å². The van der Waals surface area contributed by atoms with Crippen molar-refractivity contribution in [2.45, 2.75) is 44.6 Å². The average molecular weight is 413 g/mol. The quantitative estimate of drug-likeness (QED) is 0.543. The summed E-state index contributed by atoms with van der Waals surface area (Å²) in [6, 6.07) is 12.1. The largest absolute Gasteiger partial charge is 0.496 e. The molecule has 0 N–H and O–H groups in total. The molecule has 0 amide bonds. The highest BCUT2D eigenvalue weighted by Gasteiger charge is 2.40. The number of benzene rings is 1. The topological polar surface area (TPSA) is 47.2 Å². The number of aliphatic imine (C=N–C) groups is 1. The van der Waals surface area contributed by atoms with Gasteiger partial charge in [-0.25, -0.2) is 0 Å². The fourth-order valence-electron chi connectivity index (χ4n) is 4.79. The molecule has 1 aliphatic heterocycles. The lowest BCUT2D eigenvalue weighted by atomic mass is 9.74. The SMILES string of the molecule is COc1ccccc1C(CCN=CC1(CN(C)C)CCOC(C)(C)C1)c1ccco1. The number of furan rings is 1. The van der Waals surface area contributed by atoms with E-state index in [4.69, 9.17) is 18.9 Å². The molecule has 30 heavy (non-hydrogen) atoms. The minimum atomic E-state index is -0.117. The summed E-state index contributed by atoms with van der Waals surface area (Å²) in [5.41, 5.74) is 1.07. The van der Waals surface area contributed by atoms with Crippen molar-refractivity contribution in [3.05, 3.63) is 54.0 Å². The van der Waals surface area contributed by atoms with Crippen LogP contribution in [0.3, 0.4) is 0 Å². The second kappa shape index (κ2) is 9.80. The normalized spacial score (nSPS) is 22.5. The van der Waals surface area contributed by atoms with Gasteiger partial charge in [-0.05, 0) is 65.4 Å². The number of methoxy groups -OCH3 is 1. The van der Waals surface area contributed by atoms with Gasteiger partial charge in [0.05, 0.1) is 19.0 Å². The van der Waals surface area contributed by atoms with E-state index in [-0.39, 0.29) is 16.9 Å². The van der Waals surface area contributed by atoms with Crippen molar-refractivity contribution in [3.63, 3.8) is 0 Å². The first-order valence-corrected chi connectivity index (χ1v) is 10.8. The van der Waals surface area contributed by atoms with Crippen LogP contribution in [0.4, 0.5) is 0 Å². The molecule has 2 atom stereocenters. The van der Waals surface area contributed by atoms with E-state index >= 15 is 0 Å². The highest BCUT2D eigenvalue weighted by molar-refractivity contribution is 5.66. The molecule has 5 heteroatoms. The Morgan fingerprint density at radius 2 is 2.00 bits per heavy atom. The number of hydrogen-bond donors (Lipinski definition) is 0. The summed E-state index contributed by atoms with van der Waals surface area (Å²) in [7, 11) is 5.98. The van der Waals surface area contributed by atoms with E-state index in [2.05, 4.69) is 45.1 Å². The van der Waals surface area contributed by atoms with Crippen molar-refractivity contribution in [2.24, 2.45) is 10.4 Å². The van der Waals surface area contributed by atoms with Gasteiger partial charge in [0.15, 0.2) is 0 Å². The Balaban J connectivity index is 1.76. The van der Waals surface area contributed by atoms with E-state index in [1.807, 2.05) is 30.3 Å². The molecule has 1 saturated heterocycles. The summed E-state index contributed by atoms with van der Waals surface area (Å²) in [6.45, 7) is 6.86. The Morgan fingerprint density at radius 3 is 2.67 bits per heavy atom. The van der Waals surface area contributed by atoms with Crippen LogP contribution in [0.25, 0.3) is 0 Å². The van der Waals surface area contributed by atoms with Crippen LogP contribution in [0.5, 0.6) is 5.75 Å². The van der Waals surface area contributed by atoms with E-state index in [1.54, 1.807) is 13.4 Å². The summed E-state index contributed by atoms with van der Waals surface area (Å²) in [5, 5.41) is 0. The Labute approximate surface area is 181 Å². The number of ether oxygens (including phenoxy) is 2. The highest BCUT2D eigenvalue weighted by Crippen LogP contribution is 2.38. The Kier molecular flexibility index (Phi) is 7.37. The molecule has 164 valence electrons. The first kappa shape index (κ1) is 22.6. The van der Waals surface area contributed by atoms with Crippen LogP contribution in [0.15, 0.2) is 52.1 Å². The van der Waals surface area contributed by atoms with Crippen molar-refractivity contribution in [1.82, 2.24) is 4.90 Å². The summed E-state index contributed by atoms with van der Waals surface area (Å²) in [5.74, 6) is 1.95. The number of para-hydroxylation sites is 1. The van der Waals surface area contributed by atoms with E-state index in [1.165, 1.54) is 0 Å². The molecule has 5 nitrogen and oxygen atoms in total. The molecule has 0 radical (unpaired) electrons. The van der Waals surface area contributed by atoms with Gasteiger partial charge in [-0.2, -0.15) is 0 Å². The molecular formula is C25H36N2O3. The molecule has 1 aromatic carbocycles. The zero-order valence-corrected chi connectivity index (χ0v) is 19.1. The summed E-state index contributed by atoms with van der Waals surface area (Å²) >= 11 is 0. The van der Waals surface area contributed by atoms with Gasteiger partial charge >= 0.3 is 0 Å². The predicted octanol–water partition coefficient (Wildman–Crippen LogP) is 5.02. The molecule has 2 heterocycles. The molecule has 2 unspecified atom stereocenters. The zero-order valence-electron chi connectivity index (χ0n) is 19.1. The second-order valence-electron chi connectivity index (χ2n) is 9.27. The van der Waals surface area contributed by atoms with Crippen LogP contribution in [-0.4, -0.2) is 57.6 Å². The van der Waals surface area contributed by atoms with Crippen molar-refractivity contribution in [3.8, 4) is 5.75 Å². The molecule has 1 fully saturated rings. The fourth-order valence-corrected chi connectivity index (χ4v) is 4.79. The first-order valence-electron chi connectivity index (χ1n) is 10.8. The maximum absolute atomic E-state index is 5.97. The number of rotatable bonds is 9. The summed E-state index contributed by atoms with van der Waals surface area (Å²) < 4.78 is 17.3. The third-order valence-electron chi connectivity index (χ3n) is 5.81. The van der Waals surface area contributed by atoms with E-state index < -0.39 is 0 Å². The van der Waals surface area contributed by atoms with Crippen molar-refractivity contribution in [2.75, 3.05) is 40.9 Å². The van der Waals surface area contributed by atoms with Crippen LogP contribution in [-0.2, 0) is 4.74 Å². The Bertz CT molecular complexity index is 814. The van der Waals surface area contributed by atoms with Gasteiger partial charge < -0.3 is 18.8 Å². The zero-order chi connectivity index (χ0) is 21.6. The molecule has 0 bridgehead atoms. The van der Waals surface area contributed by atoms with Gasteiger partial charge in [0.25, 0.3) is 0 Å². The lowest BCUT2D eigenvalue weighted by Crippen LogP contribution is -2.47. The van der Waals surface area contributed by atoms with E-state index in [0.29, 0.717) is 0 Å². The molecule has 0 spiro atoms. The maximum atomic E-state index is 5.97. The monoisotopic (exact) mass is 412 g/mol. The summed E-state index contributed by atoms with van der Waals surface area (Å²) in [6.07, 6.45) is 6.79. The maximum Gasteiger partial charge on any atom is 0.122 e. The molecule has 1 aliphatic rings. The molecule has 2 aromatic rings. The molecule has 0 saturated carbocycles.